The third-order valence-corrected chi connectivity index (χ3v) is 4.32. The lowest BCUT2D eigenvalue weighted by molar-refractivity contribution is -0.385. The molecule has 0 atom stereocenters. The van der Waals surface area contributed by atoms with E-state index in [4.69, 9.17) is 9.47 Å². The molecule has 0 amide bonds. The molecule has 0 radical (unpaired) electrons. The molecule has 27 heavy (non-hydrogen) atoms. The highest BCUT2D eigenvalue weighted by molar-refractivity contribution is 14.1. The lowest BCUT2D eigenvalue weighted by Gasteiger charge is -2.09. The lowest BCUT2D eigenvalue weighted by Crippen LogP contribution is -2.09. The molecule has 2 aromatic carbocycles. The zero-order chi connectivity index (χ0) is 19.2. The van der Waals surface area contributed by atoms with Crippen LogP contribution in [0.5, 0.6) is 5.75 Å². The largest absolute Gasteiger partial charge is 0.484 e. The smallest absolute Gasteiger partial charge is 0.311 e. The van der Waals surface area contributed by atoms with Crippen molar-refractivity contribution in [3.05, 3.63) is 56.3 Å². The highest BCUT2D eigenvalue weighted by Gasteiger charge is 2.18. The molecule has 1 aromatic heterocycles. The Bertz CT molecular complexity index is 970. The minimum Gasteiger partial charge on any atom is -0.484 e. The molecule has 1 heterocycles. The second-order valence-corrected chi connectivity index (χ2v) is 6.74. The lowest BCUT2D eigenvalue weighted by atomic mass is 10.1. The molecular weight excluding hydrogens is 468 g/mol. The quantitative estimate of drug-likeness (QED) is 0.207. The predicted octanol–water partition coefficient (Wildman–Crippen LogP) is 4.17. The number of ether oxygens (including phenoxy) is 2. The number of benzene rings is 2. The van der Waals surface area contributed by atoms with Gasteiger partial charge in [0.15, 0.2) is 11.6 Å². The van der Waals surface area contributed by atoms with E-state index in [1.165, 1.54) is 12.1 Å². The van der Waals surface area contributed by atoms with E-state index in [1.807, 2.05) is 24.3 Å². The molecular formula is C18H15FIN3O4. The zero-order valence-corrected chi connectivity index (χ0v) is 16.3. The van der Waals surface area contributed by atoms with Crippen LogP contribution < -0.4 is 4.74 Å². The van der Waals surface area contributed by atoms with Gasteiger partial charge in [-0.15, -0.1) is 0 Å². The van der Waals surface area contributed by atoms with Crippen LogP contribution in [0.3, 0.4) is 0 Å². The number of alkyl halides is 1. The number of nitro benzene ring substituents is 1. The van der Waals surface area contributed by atoms with Gasteiger partial charge in [0, 0.05) is 32.8 Å². The Morgan fingerprint density at radius 3 is 2.78 bits per heavy atom. The van der Waals surface area contributed by atoms with Crippen molar-refractivity contribution in [1.29, 1.82) is 0 Å². The Kier molecular flexibility index (Phi) is 6.45. The Morgan fingerprint density at radius 1 is 1.19 bits per heavy atom. The van der Waals surface area contributed by atoms with Gasteiger partial charge in [0.2, 0.25) is 0 Å². The number of aromatic nitrogens is 2. The van der Waals surface area contributed by atoms with Crippen LogP contribution in [0.1, 0.15) is 0 Å². The van der Waals surface area contributed by atoms with Crippen molar-refractivity contribution >= 4 is 39.2 Å². The van der Waals surface area contributed by atoms with Crippen LogP contribution in [-0.4, -0.2) is 41.4 Å². The van der Waals surface area contributed by atoms with Crippen LogP contribution in [0.15, 0.2) is 42.6 Å². The van der Waals surface area contributed by atoms with Gasteiger partial charge >= 0.3 is 5.69 Å². The van der Waals surface area contributed by atoms with Crippen LogP contribution in [0.4, 0.5) is 10.1 Å². The molecule has 3 aromatic rings. The first-order valence-electron chi connectivity index (χ1n) is 8.06. The Labute approximate surface area is 167 Å². The second-order valence-electron chi connectivity index (χ2n) is 5.49. The number of rotatable bonds is 8. The molecule has 0 spiro atoms. The van der Waals surface area contributed by atoms with Gasteiger partial charge in [-0.05, 0) is 34.7 Å². The van der Waals surface area contributed by atoms with Gasteiger partial charge < -0.3 is 9.47 Å². The van der Waals surface area contributed by atoms with Crippen LogP contribution >= 0.6 is 22.6 Å². The summed E-state index contributed by atoms with van der Waals surface area (Å²) in [7, 11) is 0. The molecule has 0 aliphatic carbocycles. The number of hydrogen-bond donors (Lipinski definition) is 0. The molecule has 0 aliphatic rings. The summed E-state index contributed by atoms with van der Waals surface area (Å²) in [6.07, 6.45) is 1.55. The summed E-state index contributed by atoms with van der Waals surface area (Å²) in [5.41, 5.74) is 1.20. The van der Waals surface area contributed by atoms with E-state index in [-0.39, 0.29) is 31.3 Å². The molecule has 0 aliphatic heterocycles. The molecule has 0 unspecified atom stereocenters. The molecule has 0 saturated carbocycles. The van der Waals surface area contributed by atoms with Crippen molar-refractivity contribution in [3.8, 4) is 17.1 Å². The standard InChI is InChI=1S/C18H15FIN3O4/c19-4-5-26-6-7-27-17-10-15-13(9-16(17)23(24)25)11-21-18(22-15)12-2-1-3-14(20)8-12/h1-3,8-11H,4-7H2. The Balaban J connectivity index is 1.93. The number of nitrogens with zero attached hydrogens (tertiary/aromatic N) is 3. The van der Waals surface area contributed by atoms with Gasteiger partial charge in [-0.3, -0.25) is 10.1 Å². The molecule has 7 nitrogen and oxygen atoms in total. The maximum absolute atomic E-state index is 12.0. The SMILES string of the molecule is O=[N+]([O-])c1cc2cnc(-c3cccc(I)c3)nc2cc1OCCOCCF. The fourth-order valence-electron chi connectivity index (χ4n) is 2.44. The number of halogens is 2. The number of nitro groups is 1. The van der Waals surface area contributed by atoms with Crippen molar-refractivity contribution in [2.45, 2.75) is 0 Å². The maximum Gasteiger partial charge on any atom is 0.311 e. The van der Waals surface area contributed by atoms with Gasteiger partial charge in [-0.1, -0.05) is 12.1 Å². The van der Waals surface area contributed by atoms with Crippen LogP contribution in [-0.2, 0) is 4.74 Å². The summed E-state index contributed by atoms with van der Waals surface area (Å²) in [4.78, 5) is 19.6. The fourth-order valence-corrected chi connectivity index (χ4v) is 2.98. The molecule has 0 fully saturated rings. The minimum absolute atomic E-state index is 0.0321. The first-order valence-corrected chi connectivity index (χ1v) is 9.14. The summed E-state index contributed by atoms with van der Waals surface area (Å²) < 4.78 is 23.5. The van der Waals surface area contributed by atoms with E-state index in [0.717, 1.165) is 9.13 Å². The fraction of sp³-hybridized carbons (Fsp3) is 0.222. The van der Waals surface area contributed by atoms with E-state index >= 15 is 0 Å². The number of fused-ring (bicyclic) bond motifs is 1. The Morgan fingerprint density at radius 2 is 2.04 bits per heavy atom. The summed E-state index contributed by atoms with van der Waals surface area (Å²) >= 11 is 2.21. The van der Waals surface area contributed by atoms with E-state index in [1.54, 1.807) is 6.20 Å². The average Bonchev–Trinajstić information content (AvgIpc) is 2.66. The summed E-state index contributed by atoms with van der Waals surface area (Å²) in [6.45, 7) is -0.415. The van der Waals surface area contributed by atoms with E-state index in [2.05, 4.69) is 32.6 Å². The van der Waals surface area contributed by atoms with Gasteiger partial charge in [0.05, 0.1) is 23.7 Å². The van der Waals surface area contributed by atoms with Crippen molar-refractivity contribution < 1.29 is 18.8 Å². The van der Waals surface area contributed by atoms with Crippen molar-refractivity contribution in [2.24, 2.45) is 0 Å². The molecule has 140 valence electrons. The van der Waals surface area contributed by atoms with Gasteiger partial charge in [-0.2, -0.15) is 0 Å². The average molecular weight is 483 g/mol. The summed E-state index contributed by atoms with van der Waals surface area (Å²) in [5, 5.41) is 11.9. The first-order chi connectivity index (χ1) is 13.1. The molecule has 9 heteroatoms. The van der Waals surface area contributed by atoms with E-state index in [9.17, 15) is 14.5 Å². The summed E-state index contributed by atoms with van der Waals surface area (Å²) in [5.74, 6) is 0.607. The third-order valence-electron chi connectivity index (χ3n) is 3.65. The minimum atomic E-state index is -0.589. The normalized spacial score (nSPS) is 10.9. The molecule has 0 bridgehead atoms. The first kappa shape index (κ1) is 19.4. The predicted molar refractivity (Wildman–Crippen MR) is 107 cm³/mol. The number of hydrogen-bond acceptors (Lipinski definition) is 6. The van der Waals surface area contributed by atoms with Gasteiger partial charge in [0.25, 0.3) is 0 Å². The highest BCUT2D eigenvalue weighted by Crippen LogP contribution is 2.32. The third kappa shape index (κ3) is 4.86. The van der Waals surface area contributed by atoms with Crippen LogP contribution in [0.2, 0.25) is 0 Å². The van der Waals surface area contributed by atoms with Crippen LogP contribution in [0.25, 0.3) is 22.3 Å². The van der Waals surface area contributed by atoms with Gasteiger partial charge in [-0.25, -0.2) is 14.4 Å². The monoisotopic (exact) mass is 483 g/mol. The second kappa shape index (κ2) is 9.00. The van der Waals surface area contributed by atoms with E-state index < -0.39 is 11.6 Å². The topological polar surface area (TPSA) is 87.4 Å². The highest BCUT2D eigenvalue weighted by atomic mass is 127. The van der Waals surface area contributed by atoms with Crippen molar-refractivity contribution in [3.63, 3.8) is 0 Å². The van der Waals surface area contributed by atoms with Crippen molar-refractivity contribution in [1.82, 2.24) is 9.97 Å². The zero-order valence-electron chi connectivity index (χ0n) is 14.1. The summed E-state index contributed by atoms with van der Waals surface area (Å²) in [6, 6.07) is 10.6. The van der Waals surface area contributed by atoms with Crippen molar-refractivity contribution in [2.75, 3.05) is 26.5 Å². The van der Waals surface area contributed by atoms with Gasteiger partial charge in [0.1, 0.15) is 13.3 Å². The molecule has 0 saturated heterocycles. The Hall–Kier alpha value is -2.40. The molecule has 0 N–H and O–H groups in total. The van der Waals surface area contributed by atoms with Crippen LogP contribution in [0, 0.1) is 13.7 Å². The van der Waals surface area contributed by atoms with E-state index in [0.29, 0.717) is 16.7 Å². The molecule has 3 rings (SSSR count). The maximum atomic E-state index is 12.0.